The highest BCUT2D eigenvalue weighted by molar-refractivity contribution is 5.87. The number of nitrogens with one attached hydrogen (secondary N) is 1. The van der Waals surface area contributed by atoms with Gasteiger partial charge in [0.15, 0.2) is 5.82 Å². The first-order valence-corrected chi connectivity index (χ1v) is 7.56. The van der Waals surface area contributed by atoms with Crippen molar-refractivity contribution < 1.29 is 0 Å². The highest BCUT2D eigenvalue weighted by Crippen LogP contribution is 2.23. The van der Waals surface area contributed by atoms with E-state index < -0.39 is 0 Å². The molecule has 0 unspecified atom stereocenters. The monoisotopic (exact) mass is 300 g/mol. The summed E-state index contributed by atoms with van der Waals surface area (Å²) in [5, 5.41) is 3.34. The molecule has 4 nitrogen and oxygen atoms in total. The Kier molecular flexibility index (Phi) is 3.48. The highest BCUT2D eigenvalue weighted by atomic mass is 15.1. The van der Waals surface area contributed by atoms with Crippen LogP contribution in [0.1, 0.15) is 5.56 Å². The van der Waals surface area contributed by atoms with E-state index in [1.54, 1.807) is 0 Å². The molecule has 0 saturated carbocycles. The fraction of sp³-hybridized carbons (Fsp3) is 0.0526. The van der Waals surface area contributed by atoms with Gasteiger partial charge in [-0.25, -0.2) is 9.97 Å². The van der Waals surface area contributed by atoms with Gasteiger partial charge in [-0.2, -0.15) is 0 Å². The molecule has 0 radical (unpaired) electrons. The topological polar surface area (TPSA) is 42.7 Å². The van der Waals surface area contributed by atoms with Crippen LogP contribution in [0, 0.1) is 0 Å². The maximum absolute atomic E-state index is 4.55. The van der Waals surface area contributed by atoms with Crippen molar-refractivity contribution >= 4 is 22.5 Å². The first-order valence-electron chi connectivity index (χ1n) is 7.56. The highest BCUT2D eigenvalue weighted by Gasteiger charge is 2.09. The second-order valence-electron chi connectivity index (χ2n) is 5.38. The molecule has 2 aromatic carbocycles. The molecule has 4 aromatic rings. The van der Waals surface area contributed by atoms with E-state index in [0.717, 1.165) is 29.1 Å². The molecule has 0 bridgehead atoms. The molecule has 0 aliphatic heterocycles. The van der Waals surface area contributed by atoms with Crippen LogP contribution in [0.4, 0.5) is 11.5 Å². The zero-order chi connectivity index (χ0) is 15.5. The Morgan fingerprint density at radius 1 is 0.826 bits per heavy atom. The smallest absolute Gasteiger partial charge is 0.158 e. The summed E-state index contributed by atoms with van der Waals surface area (Å²) in [6.07, 6.45) is 3.69. The van der Waals surface area contributed by atoms with Crippen LogP contribution in [0.25, 0.3) is 11.0 Å². The second-order valence-corrected chi connectivity index (χ2v) is 5.38. The molecule has 112 valence electrons. The number of aromatic nitrogens is 3. The van der Waals surface area contributed by atoms with E-state index in [9.17, 15) is 0 Å². The Labute approximate surface area is 134 Å². The molecular weight excluding hydrogens is 284 g/mol. The Morgan fingerprint density at radius 2 is 1.57 bits per heavy atom. The predicted octanol–water partition coefficient (Wildman–Crippen LogP) is 4.22. The van der Waals surface area contributed by atoms with Gasteiger partial charge in [-0.15, -0.1) is 0 Å². The van der Waals surface area contributed by atoms with Crippen LogP contribution < -0.4 is 5.32 Å². The van der Waals surface area contributed by atoms with Crippen LogP contribution in [-0.4, -0.2) is 14.5 Å². The molecule has 0 spiro atoms. The van der Waals surface area contributed by atoms with Crippen LogP contribution in [0.5, 0.6) is 0 Å². The van der Waals surface area contributed by atoms with Crippen LogP contribution >= 0.6 is 0 Å². The molecular formula is C19H16N4. The van der Waals surface area contributed by atoms with Gasteiger partial charge in [-0.3, -0.25) is 0 Å². The Bertz CT molecular complexity index is 914. The third-order valence-electron chi connectivity index (χ3n) is 3.77. The van der Waals surface area contributed by atoms with Gasteiger partial charge in [0.2, 0.25) is 0 Å². The fourth-order valence-electron chi connectivity index (χ4n) is 2.65. The number of para-hydroxylation sites is 1. The normalized spacial score (nSPS) is 10.8. The van der Waals surface area contributed by atoms with Crippen LogP contribution in [0.15, 0.2) is 79.3 Å². The summed E-state index contributed by atoms with van der Waals surface area (Å²) in [6.45, 7) is 0.798. The molecule has 0 fully saturated rings. The zero-order valence-corrected chi connectivity index (χ0v) is 12.6. The number of fused-ring (bicyclic) bond motifs is 1. The van der Waals surface area contributed by atoms with Crippen molar-refractivity contribution in [3.05, 3.63) is 84.8 Å². The maximum atomic E-state index is 4.55. The van der Waals surface area contributed by atoms with Gasteiger partial charge in [0, 0.05) is 18.4 Å². The lowest BCUT2D eigenvalue weighted by atomic mass is 10.2. The zero-order valence-electron chi connectivity index (χ0n) is 12.6. The summed E-state index contributed by atoms with van der Waals surface area (Å²) in [4.78, 5) is 8.98. The SMILES string of the molecule is c1ccc(Cn2cnc3c(Nc4ccccc4)nccc32)cc1. The Balaban J connectivity index is 1.69. The average Bonchev–Trinajstić information content (AvgIpc) is 3.01. The number of imidazole rings is 1. The molecule has 0 saturated heterocycles. The molecule has 0 atom stereocenters. The lowest BCUT2D eigenvalue weighted by Crippen LogP contribution is -1.98. The number of hydrogen-bond donors (Lipinski definition) is 1. The summed E-state index contributed by atoms with van der Waals surface area (Å²) in [5.74, 6) is 0.778. The molecule has 4 rings (SSSR count). The van der Waals surface area contributed by atoms with Crippen molar-refractivity contribution in [2.24, 2.45) is 0 Å². The minimum Gasteiger partial charge on any atom is -0.338 e. The Hall–Kier alpha value is -3.14. The number of hydrogen-bond acceptors (Lipinski definition) is 3. The summed E-state index contributed by atoms with van der Waals surface area (Å²) in [7, 11) is 0. The van der Waals surface area contributed by atoms with Crippen molar-refractivity contribution in [1.82, 2.24) is 14.5 Å². The van der Waals surface area contributed by atoms with Crippen LogP contribution in [0.2, 0.25) is 0 Å². The summed E-state index contributed by atoms with van der Waals surface area (Å²) >= 11 is 0. The van der Waals surface area contributed by atoms with Gasteiger partial charge in [0.1, 0.15) is 5.52 Å². The first kappa shape index (κ1) is 13.5. The van der Waals surface area contributed by atoms with E-state index in [1.165, 1.54) is 5.56 Å². The Morgan fingerprint density at radius 3 is 2.35 bits per heavy atom. The van der Waals surface area contributed by atoms with Crippen LogP contribution in [0.3, 0.4) is 0 Å². The lowest BCUT2D eigenvalue weighted by Gasteiger charge is -2.07. The van der Waals surface area contributed by atoms with Crippen LogP contribution in [-0.2, 0) is 6.54 Å². The standard InChI is InChI=1S/C19H16N4/c1-3-7-15(8-4-1)13-23-14-21-18-17(23)11-12-20-19(18)22-16-9-5-2-6-10-16/h1-12,14H,13H2,(H,20,22). The first-order chi connectivity index (χ1) is 11.4. The number of benzene rings is 2. The van der Waals surface area contributed by atoms with Gasteiger partial charge in [-0.1, -0.05) is 48.5 Å². The molecule has 1 N–H and O–H groups in total. The largest absolute Gasteiger partial charge is 0.338 e. The fourth-order valence-corrected chi connectivity index (χ4v) is 2.65. The third kappa shape index (κ3) is 2.79. The third-order valence-corrected chi connectivity index (χ3v) is 3.77. The summed E-state index contributed by atoms with van der Waals surface area (Å²) in [5.41, 5.74) is 4.21. The second kappa shape index (κ2) is 5.93. The van der Waals surface area contributed by atoms with Gasteiger partial charge in [-0.05, 0) is 23.8 Å². The molecule has 0 amide bonds. The van der Waals surface area contributed by atoms with Gasteiger partial charge in [0.05, 0.1) is 11.8 Å². The van der Waals surface area contributed by atoms with E-state index in [1.807, 2.05) is 55.0 Å². The average molecular weight is 300 g/mol. The van der Waals surface area contributed by atoms with Gasteiger partial charge >= 0.3 is 0 Å². The van der Waals surface area contributed by atoms with Crippen molar-refractivity contribution in [1.29, 1.82) is 0 Å². The summed E-state index contributed by atoms with van der Waals surface area (Å²) < 4.78 is 2.14. The van der Waals surface area contributed by atoms with Gasteiger partial charge in [0.25, 0.3) is 0 Å². The molecule has 2 aromatic heterocycles. The van der Waals surface area contributed by atoms with Crippen molar-refractivity contribution in [2.75, 3.05) is 5.32 Å². The van der Waals surface area contributed by atoms with E-state index in [4.69, 9.17) is 0 Å². The lowest BCUT2D eigenvalue weighted by molar-refractivity contribution is 0.824. The van der Waals surface area contributed by atoms with Crippen molar-refractivity contribution in [2.45, 2.75) is 6.54 Å². The molecule has 23 heavy (non-hydrogen) atoms. The molecule has 0 aliphatic rings. The minimum absolute atomic E-state index is 0.778. The summed E-state index contributed by atoms with van der Waals surface area (Å²) in [6, 6.07) is 22.4. The van der Waals surface area contributed by atoms with E-state index >= 15 is 0 Å². The van der Waals surface area contributed by atoms with E-state index in [0.29, 0.717) is 0 Å². The van der Waals surface area contributed by atoms with Gasteiger partial charge < -0.3 is 9.88 Å². The number of anilines is 2. The number of rotatable bonds is 4. The molecule has 4 heteroatoms. The number of nitrogens with zero attached hydrogens (tertiary/aromatic N) is 3. The predicted molar refractivity (Wildman–Crippen MR) is 92.8 cm³/mol. The quantitative estimate of drug-likeness (QED) is 0.613. The van der Waals surface area contributed by atoms with Crippen molar-refractivity contribution in [3.8, 4) is 0 Å². The van der Waals surface area contributed by atoms with Crippen molar-refractivity contribution in [3.63, 3.8) is 0 Å². The number of pyridine rings is 1. The molecule has 2 heterocycles. The van der Waals surface area contributed by atoms with E-state index in [2.05, 4.69) is 44.1 Å². The minimum atomic E-state index is 0.778. The van der Waals surface area contributed by atoms with E-state index in [-0.39, 0.29) is 0 Å². The maximum Gasteiger partial charge on any atom is 0.158 e. The molecule has 0 aliphatic carbocycles.